The fourth-order valence-electron chi connectivity index (χ4n) is 5.54. The van der Waals surface area contributed by atoms with Crippen LogP contribution in [0.25, 0.3) is 11.3 Å². The van der Waals surface area contributed by atoms with Crippen molar-refractivity contribution in [3.8, 4) is 17.0 Å². The van der Waals surface area contributed by atoms with Gasteiger partial charge >= 0.3 is 6.09 Å². The third kappa shape index (κ3) is 4.01. The van der Waals surface area contributed by atoms with Gasteiger partial charge in [0.1, 0.15) is 17.0 Å². The number of benzene rings is 1. The van der Waals surface area contributed by atoms with Gasteiger partial charge in [-0.3, -0.25) is 4.68 Å². The molecule has 7 heteroatoms. The zero-order valence-corrected chi connectivity index (χ0v) is 19.5. The Kier molecular flexibility index (Phi) is 5.32. The summed E-state index contributed by atoms with van der Waals surface area (Å²) in [5.41, 5.74) is 4.06. The van der Waals surface area contributed by atoms with E-state index in [0.717, 1.165) is 55.8 Å². The third-order valence-electron chi connectivity index (χ3n) is 7.81. The molecular weight excluding hydrogens is 416 g/mol. The molecule has 1 aromatic heterocycles. The summed E-state index contributed by atoms with van der Waals surface area (Å²) in [5.74, 6) is 1.50. The van der Waals surface area contributed by atoms with Crippen LogP contribution in [0.15, 0.2) is 24.4 Å². The van der Waals surface area contributed by atoms with Gasteiger partial charge in [0.25, 0.3) is 0 Å². The first kappa shape index (κ1) is 21.0. The van der Waals surface area contributed by atoms with Gasteiger partial charge in [0.05, 0.1) is 12.6 Å². The summed E-state index contributed by atoms with van der Waals surface area (Å²) in [5, 5.41) is 8.66. The van der Waals surface area contributed by atoms with Crippen molar-refractivity contribution in [1.29, 1.82) is 0 Å². The van der Waals surface area contributed by atoms with E-state index in [1.165, 1.54) is 30.4 Å². The Hall–Kier alpha value is -2.54. The fraction of sp³-hybridized carbons (Fsp3) is 0.615. The first-order valence-electron chi connectivity index (χ1n) is 12.6. The number of amides is 1. The van der Waals surface area contributed by atoms with E-state index in [1.807, 2.05) is 4.90 Å². The SMILES string of the molecule is Cc1ccc2c(c1)OC1(CCN(C(=O)OCC3CC3)CC1)c1cn(C3CCCNCC3)nc1-2. The lowest BCUT2D eigenvalue weighted by molar-refractivity contribution is -0.00608. The first-order valence-corrected chi connectivity index (χ1v) is 12.6. The molecule has 1 aliphatic carbocycles. The van der Waals surface area contributed by atoms with E-state index in [9.17, 15) is 4.79 Å². The number of aryl methyl sites for hydroxylation is 1. The minimum Gasteiger partial charge on any atom is -0.482 e. The highest BCUT2D eigenvalue weighted by Crippen LogP contribution is 2.49. The van der Waals surface area contributed by atoms with Gasteiger partial charge in [-0.05, 0) is 75.7 Å². The predicted molar refractivity (Wildman–Crippen MR) is 125 cm³/mol. The monoisotopic (exact) mass is 450 g/mol. The third-order valence-corrected chi connectivity index (χ3v) is 7.81. The number of hydrogen-bond acceptors (Lipinski definition) is 5. The molecule has 1 atom stereocenters. The summed E-state index contributed by atoms with van der Waals surface area (Å²) in [6.45, 7) is 6.06. The van der Waals surface area contributed by atoms with E-state index in [4.69, 9.17) is 14.6 Å². The fourth-order valence-corrected chi connectivity index (χ4v) is 5.54. The summed E-state index contributed by atoms with van der Waals surface area (Å²) < 4.78 is 14.5. The number of ether oxygens (including phenoxy) is 2. The van der Waals surface area contributed by atoms with E-state index in [1.54, 1.807) is 0 Å². The Bertz CT molecular complexity index is 1030. The topological polar surface area (TPSA) is 68.6 Å². The van der Waals surface area contributed by atoms with Gasteiger partial charge in [-0.1, -0.05) is 6.07 Å². The van der Waals surface area contributed by atoms with Crippen LogP contribution in [0.2, 0.25) is 0 Å². The van der Waals surface area contributed by atoms with Crippen LogP contribution in [0.4, 0.5) is 4.79 Å². The van der Waals surface area contributed by atoms with Crippen LogP contribution in [0.3, 0.4) is 0 Å². The van der Waals surface area contributed by atoms with Crippen molar-refractivity contribution in [3.63, 3.8) is 0 Å². The zero-order valence-electron chi connectivity index (χ0n) is 19.5. The molecule has 3 fully saturated rings. The molecule has 0 radical (unpaired) electrons. The number of nitrogens with one attached hydrogen (secondary N) is 1. The molecule has 4 heterocycles. The van der Waals surface area contributed by atoms with Crippen LogP contribution in [0, 0.1) is 12.8 Å². The molecular formula is C26H34N4O3. The number of carbonyl (C=O) groups is 1. The van der Waals surface area contributed by atoms with Crippen molar-refractivity contribution < 1.29 is 14.3 Å². The van der Waals surface area contributed by atoms with Crippen molar-refractivity contribution in [1.82, 2.24) is 20.0 Å². The lowest BCUT2D eigenvalue weighted by atomic mass is 9.81. The summed E-state index contributed by atoms with van der Waals surface area (Å²) in [6, 6.07) is 6.82. The Labute approximate surface area is 195 Å². The van der Waals surface area contributed by atoms with Crippen LogP contribution in [0.5, 0.6) is 5.75 Å². The normalized spacial score (nSPS) is 23.9. The van der Waals surface area contributed by atoms with Crippen LogP contribution >= 0.6 is 0 Å². The molecule has 1 saturated carbocycles. The van der Waals surface area contributed by atoms with Crippen LogP contribution in [0.1, 0.15) is 62.1 Å². The highest BCUT2D eigenvalue weighted by atomic mass is 16.6. The molecule has 1 N–H and O–H groups in total. The predicted octanol–water partition coefficient (Wildman–Crippen LogP) is 4.40. The van der Waals surface area contributed by atoms with Crippen molar-refractivity contribution in [2.75, 3.05) is 32.8 Å². The number of likely N-dealkylation sites (tertiary alicyclic amines) is 1. The number of hydrogen-bond donors (Lipinski definition) is 1. The van der Waals surface area contributed by atoms with E-state index in [-0.39, 0.29) is 6.09 Å². The maximum atomic E-state index is 12.6. The molecule has 1 aromatic carbocycles. The van der Waals surface area contributed by atoms with Crippen molar-refractivity contribution in [2.45, 2.75) is 63.5 Å². The van der Waals surface area contributed by atoms with Crippen LogP contribution in [-0.2, 0) is 10.3 Å². The Morgan fingerprint density at radius 2 is 2.06 bits per heavy atom. The number of nitrogens with zero attached hydrogens (tertiary/aromatic N) is 3. The van der Waals surface area contributed by atoms with Gasteiger partial charge in [-0.2, -0.15) is 5.10 Å². The van der Waals surface area contributed by atoms with Gasteiger partial charge in [0.2, 0.25) is 0 Å². The van der Waals surface area contributed by atoms with Crippen LogP contribution < -0.4 is 10.1 Å². The van der Waals surface area contributed by atoms with Gasteiger partial charge in [-0.25, -0.2) is 4.79 Å². The standard InChI is InChI=1S/C26H34N4O3/c1-18-4-7-21-23(15-18)33-26(9-13-29(14-10-26)25(31)32-17-19-5-6-19)22-16-30(28-24(21)22)20-3-2-11-27-12-8-20/h4,7,15-16,19-20,27H,2-3,5-6,8-14,17H2,1H3. The van der Waals surface area contributed by atoms with Gasteiger partial charge in [0, 0.05) is 43.3 Å². The summed E-state index contributed by atoms with van der Waals surface area (Å²) >= 11 is 0. The average Bonchev–Trinajstić information content (AvgIpc) is 3.60. The maximum absolute atomic E-state index is 12.6. The molecule has 2 saturated heterocycles. The highest BCUT2D eigenvalue weighted by molar-refractivity contribution is 5.74. The minimum absolute atomic E-state index is 0.175. The zero-order chi connectivity index (χ0) is 22.4. The summed E-state index contributed by atoms with van der Waals surface area (Å²) in [7, 11) is 0. The Morgan fingerprint density at radius 1 is 1.21 bits per heavy atom. The van der Waals surface area contributed by atoms with E-state index < -0.39 is 5.60 Å². The van der Waals surface area contributed by atoms with Gasteiger partial charge in [-0.15, -0.1) is 0 Å². The number of aromatic nitrogens is 2. The van der Waals surface area contributed by atoms with E-state index >= 15 is 0 Å². The van der Waals surface area contributed by atoms with E-state index in [0.29, 0.717) is 31.7 Å². The lowest BCUT2D eigenvalue weighted by Gasteiger charge is -2.43. The lowest BCUT2D eigenvalue weighted by Crippen LogP contribution is -2.49. The van der Waals surface area contributed by atoms with E-state index in [2.05, 4.69) is 41.3 Å². The van der Waals surface area contributed by atoms with Crippen molar-refractivity contribution in [3.05, 3.63) is 35.5 Å². The summed E-state index contributed by atoms with van der Waals surface area (Å²) in [4.78, 5) is 14.4. The second-order valence-corrected chi connectivity index (χ2v) is 10.3. The van der Waals surface area contributed by atoms with Crippen LogP contribution in [-0.4, -0.2) is 53.6 Å². The molecule has 4 aliphatic rings. The van der Waals surface area contributed by atoms with Crippen molar-refractivity contribution >= 4 is 6.09 Å². The highest BCUT2D eigenvalue weighted by Gasteiger charge is 2.46. The maximum Gasteiger partial charge on any atom is 0.409 e. The molecule has 7 nitrogen and oxygen atoms in total. The Morgan fingerprint density at radius 3 is 2.88 bits per heavy atom. The first-order chi connectivity index (χ1) is 16.1. The second-order valence-electron chi connectivity index (χ2n) is 10.3. The smallest absolute Gasteiger partial charge is 0.409 e. The molecule has 1 unspecified atom stereocenters. The summed E-state index contributed by atoms with van der Waals surface area (Å²) in [6.07, 6.45) is 9.36. The minimum atomic E-state index is -0.440. The van der Waals surface area contributed by atoms with Gasteiger partial charge < -0.3 is 19.7 Å². The number of piperidine rings is 1. The molecule has 1 amide bonds. The molecule has 1 spiro atoms. The average molecular weight is 451 g/mol. The van der Waals surface area contributed by atoms with Gasteiger partial charge in [0.15, 0.2) is 0 Å². The number of fused-ring (bicyclic) bond motifs is 4. The quantitative estimate of drug-likeness (QED) is 0.751. The van der Waals surface area contributed by atoms with Crippen molar-refractivity contribution in [2.24, 2.45) is 5.92 Å². The molecule has 0 bridgehead atoms. The number of carbonyl (C=O) groups excluding carboxylic acids is 1. The molecule has 33 heavy (non-hydrogen) atoms. The largest absolute Gasteiger partial charge is 0.482 e. The Balaban J connectivity index is 1.29. The molecule has 3 aliphatic heterocycles. The second kappa shape index (κ2) is 8.35. The number of rotatable bonds is 3. The molecule has 176 valence electrons. The molecule has 2 aromatic rings. The molecule has 6 rings (SSSR count).